The molecule has 0 aliphatic carbocycles. The fourth-order valence-corrected chi connectivity index (χ4v) is 2.89. The van der Waals surface area contributed by atoms with Crippen molar-refractivity contribution in [2.24, 2.45) is 0 Å². The number of aliphatic hydroxyl groups excluding tert-OH is 1. The maximum Gasteiger partial charge on any atom is 0.338 e. The Labute approximate surface area is 153 Å². The van der Waals surface area contributed by atoms with Crippen molar-refractivity contribution >= 4 is 5.97 Å². The Balaban J connectivity index is 1.77. The zero-order chi connectivity index (χ0) is 18.4. The normalized spacial score (nSPS) is 11.8. The number of hydrogen-bond acceptors (Lipinski definition) is 3. The van der Waals surface area contributed by atoms with Gasteiger partial charge < -0.3 is 9.84 Å². The second-order valence-electron chi connectivity index (χ2n) is 6.32. The van der Waals surface area contributed by atoms with Gasteiger partial charge in [-0.15, -0.1) is 0 Å². The molecule has 0 heterocycles. The number of hydrogen-bond donors (Lipinski definition) is 1. The molecule has 1 unspecified atom stereocenters. The van der Waals surface area contributed by atoms with Crippen LogP contribution in [-0.4, -0.2) is 11.1 Å². The molecule has 132 valence electrons. The van der Waals surface area contributed by atoms with E-state index >= 15 is 0 Å². The number of carbonyl (C=O) groups is 1. The van der Waals surface area contributed by atoms with Crippen molar-refractivity contribution in [1.82, 2.24) is 0 Å². The fourth-order valence-electron chi connectivity index (χ4n) is 2.89. The van der Waals surface area contributed by atoms with E-state index in [1.807, 2.05) is 60.7 Å². The van der Waals surface area contributed by atoms with Crippen molar-refractivity contribution in [3.05, 3.63) is 107 Å². The minimum Gasteiger partial charge on any atom is -0.457 e. The van der Waals surface area contributed by atoms with E-state index in [-0.39, 0.29) is 6.61 Å². The lowest BCUT2D eigenvalue weighted by Crippen LogP contribution is -2.10. The Morgan fingerprint density at radius 3 is 2.12 bits per heavy atom. The minimum absolute atomic E-state index is 0.213. The van der Waals surface area contributed by atoms with Gasteiger partial charge in [-0.2, -0.15) is 0 Å². The van der Waals surface area contributed by atoms with Gasteiger partial charge in [-0.05, 0) is 41.7 Å². The molecule has 3 nitrogen and oxygen atoms in total. The van der Waals surface area contributed by atoms with Gasteiger partial charge >= 0.3 is 5.97 Å². The van der Waals surface area contributed by atoms with Crippen LogP contribution in [0.15, 0.2) is 78.9 Å². The number of benzene rings is 3. The molecule has 0 amide bonds. The highest BCUT2D eigenvalue weighted by atomic mass is 16.5. The van der Waals surface area contributed by atoms with Gasteiger partial charge in [0, 0.05) is 0 Å². The summed E-state index contributed by atoms with van der Waals surface area (Å²) in [7, 11) is 0. The van der Waals surface area contributed by atoms with Crippen molar-refractivity contribution < 1.29 is 14.6 Å². The number of rotatable bonds is 6. The summed E-state index contributed by atoms with van der Waals surface area (Å²) in [5, 5.41) is 10.1. The summed E-state index contributed by atoms with van der Waals surface area (Å²) in [5.41, 5.74) is 4.17. The van der Waals surface area contributed by atoms with Crippen LogP contribution in [0.5, 0.6) is 0 Å². The van der Waals surface area contributed by atoms with Gasteiger partial charge in [0.15, 0.2) is 0 Å². The molecule has 0 aliphatic heterocycles. The van der Waals surface area contributed by atoms with Crippen LogP contribution >= 0.6 is 0 Å². The lowest BCUT2D eigenvalue weighted by molar-refractivity contribution is 0.0466. The minimum atomic E-state index is -0.745. The summed E-state index contributed by atoms with van der Waals surface area (Å²) in [6, 6.07) is 25.2. The van der Waals surface area contributed by atoms with Crippen LogP contribution in [0.3, 0.4) is 0 Å². The third kappa shape index (κ3) is 4.58. The topological polar surface area (TPSA) is 46.5 Å². The summed E-state index contributed by atoms with van der Waals surface area (Å²) in [6.45, 7) is 1.88. The smallest absolute Gasteiger partial charge is 0.338 e. The summed E-state index contributed by atoms with van der Waals surface area (Å²) in [5.74, 6) is -0.420. The maximum atomic E-state index is 12.5. The van der Waals surface area contributed by atoms with E-state index in [1.54, 1.807) is 13.0 Å². The predicted octanol–water partition coefficient (Wildman–Crippen LogP) is 4.69. The third-order valence-corrected chi connectivity index (χ3v) is 4.25. The fraction of sp³-hybridized carbons (Fsp3) is 0.174. The van der Waals surface area contributed by atoms with Gasteiger partial charge in [0.1, 0.15) is 6.61 Å². The molecule has 3 aromatic rings. The van der Waals surface area contributed by atoms with Gasteiger partial charge in [0.25, 0.3) is 0 Å². The van der Waals surface area contributed by atoms with Crippen molar-refractivity contribution in [2.45, 2.75) is 26.1 Å². The first-order valence-electron chi connectivity index (χ1n) is 8.69. The van der Waals surface area contributed by atoms with Gasteiger partial charge in [-0.25, -0.2) is 4.79 Å². The Morgan fingerprint density at radius 2 is 1.50 bits per heavy atom. The molecule has 0 spiro atoms. The first-order valence-corrected chi connectivity index (χ1v) is 8.69. The van der Waals surface area contributed by atoms with E-state index in [4.69, 9.17) is 4.74 Å². The molecule has 0 bridgehead atoms. The van der Waals surface area contributed by atoms with Crippen molar-refractivity contribution in [2.75, 3.05) is 0 Å². The molecular weight excluding hydrogens is 324 g/mol. The third-order valence-electron chi connectivity index (χ3n) is 4.25. The van der Waals surface area contributed by atoms with Crippen LogP contribution in [0, 0.1) is 0 Å². The predicted molar refractivity (Wildman–Crippen MR) is 102 cm³/mol. The van der Waals surface area contributed by atoms with Gasteiger partial charge in [-0.1, -0.05) is 72.8 Å². The van der Waals surface area contributed by atoms with Crippen LogP contribution in [0.1, 0.15) is 45.6 Å². The molecule has 1 atom stereocenters. The molecule has 3 heteroatoms. The van der Waals surface area contributed by atoms with E-state index in [9.17, 15) is 9.90 Å². The SMILES string of the molecule is CC(O)c1cc(Cc2ccccc2)ccc1C(=O)OCc1ccccc1. The molecule has 3 aromatic carbocycles. The van der Waals surface area contributed by atoms with Crippen molar-refractivity contribution in [3.63, 3.8) is 0 Å². The molecule has 0 fully saturated rings. The summed E-state index contributed by atoms with van der Waals surface area (Å²) >= 11 is 0. The van der Waals surface area contributed by atoms with Gasteiger partial charge in [0.2, 0.25) is 0 Å². The molecule has 3 rings (SSSR count). The van der Waals surface area contributed by atoms with Crippen LogP contribution < -0.4 is 0 Å². The molecule has 0 saturated heterocycles. The number of carbonyl (C=O) groups excluding carboxylic acids is 1. The highest BCUT2D eigenvalue weighted by molar-refractivity contribution is 5.91. The second-order valence-corrected chi connectivity index (χ2v) is 6.32. The summed E-state index contributed by atoms with van der Waals surface area (Å²) in [6.07, 6.45) is 0.00453. The monoisotopic (exact) mass is 346 g/mol. The maximum absolute atomic E-state index is 12.5. The summed E-state index contributed by atoms with van der Waals surface area (Å²) < 4.78 is 5.41. The highest BCUT2D eigenvalue weighted by Crippen LogP contribution is 2.22. The number of aliphatic hydroxyl groups is 1. The van der Waals surface area contributed by atoms with Crippen molar-refractivity contribution in [1.29, 1.82) is 0 Å². The van der Waals surface area contributed by atoms with Crippen molar-refractivity contribution in [3.8, 4) is 0 Å². The van der Waals surface area contributed by atoms with Crippen LogP contribution in [0.25, 0.3) is 0 Å². The second kappa shape index (κ2) is 8.45. The molecule has 0 aromatic heterocycles. The van der Waals surface area contributed by atoms with Gasteiger partial charge in [0.05, 0.1) is 11.7 Å². The summed E-state index contributed by atoms with van der Waals surface area (Å²) in [4.78, 5) is 12.5. The molecule has 0 saturated carbocycles. The zero-order valence-electron chi connectivity index (χ0n) is 14.8. The standard InChI is InChI=1S/C23H22O3/c1-17(24)22-15-20(14-18-8-4-2-5-9-18)12-13-21(22)23(25)26-16-19-10-6-3-7-11-19/h2-13,15,17,24H,14,16H2,1H3. The van der Waals surface area contributed by atoms with Gasteiger partial charge in [-0.3, -0.25) is 0 Å². The first kappa shape index (κ1) is 17.9. The largest absolute Gasteiger partial charge is 0.457 e. The Bertz CT molecular complexity index is 855. The van der Waals surface area contributed by atoms with E-state index in [1.165, 1.54) is 5.56 Å². The average molecular weight is 346 g/mol. The van der Waals surface area contributed by atoms with E-state index in [0.29, 0.717) is 11.1 Å². The Hall–Kier alpha value is -2.91. The average Bonchev–Trinajstić information content (AvgIpc) is 2.67. The lowest BCUT2D eigenvalue weighted by atomic mass is 9.96. The van der Waals surface area contributed by atoms with E-state index in [0.717, 1.165) is 17.5 Å². The van der Waals surface area contributed by atoms with Crippen LogP contribution in [0.2, 0.25) is 0 Å². The molecular formula is C23H22O3. The highest BCUT2D eigenvalue weighted by Gasteiger charge is 2.17. The Morgan fingerprint density at radius 1 is 0.885 bits per heavy atom. The number of esters is 1. The first-order chi connectivity index (χ1) is 12.6. The molecule has 0 aliphatic rings. The molecule has 0 radical (unpaired) electrons. The lowest BCUT2D eigenvalue weighted by Gasteiger charge is -2.14. The zero-order valence-corrected chi connectivity index (χ0v) is 14.8. The van der Waals surface area contributed by atoms with E-state index in [2.05, 4.69) is 12.1 Å². The molecule has 26 heavy (non-hydrogen) atoms. The quantitative estimate of drug-likeness (QED) is 0.659. The van der Waals surface area contributed by atoms with E-state index < -0.39 is 12.1 Å². The van der Waals surface area contributed by atoms with Crippen LogP contribution in [0.4, 0.5) is 0 Å². The number of ether oxygens (including phenoxy) is 1. The van der Waals surface area contributed by atoms with Crippen LogP contribution in [-0.2, 0) is 17.8 Å². The Kier molecular flexibility index (Phi) is 5.82. The molecule has 1 N–H and O–H groups in total.